The largest absolute Gasteiger partial charge is 0.367 e. The Labute approximate surface area is 252 Å². The molecule has 2 aliphatic heterocycles. The molecular formula is C32H37Cl2N5O2. The number of amides is 2. The summed E-state index contributed by atoms with van der Waals surface area (Å²) >= 11 is 12.1. The molecule has 0 spiro atoms. The van der Waals surface area contributed by atoms with E-state index in [1.165, 1.54) is 25.9 Å². The SMILES string of the molecule is O=C(NCCCN1CCCC1)c1cncc(-c2ccccc2N2CCN(C(=O)CCc3ccc(Cl)c(Cl)c3)CC2)c1. The summed E-state index contributed by atoms with van der Waals surface area (Å²) < 4.78 is 0. The average Bonchev–Trinajstić information content (AvgIpc) is 3.53. The van der Waals surface area contributed by atoms with Gasteiger partial charge in [0.1, 0.15) is 0 Å². The maximum atomic E-state index is 12.9. The number of para-hydroxylation sites is 1. The first kappa shape index (κ1) is 29.4. The predicted molar refractivity (Wildman–Crippen MR) is 166 cm³/mol. The van der Waals surface area contributed by atoms with Gasteiger partial charge in [0, 0.05) is 68.4 Å². The smallest absolute Gasteiger partial charge is 0.252 e. The number of carbonyl (C=O) groups is 2. The quantitative estimate of drug-likeness (QED) is 0.312. The number of hydrogen-bond acceptors (Lipinski definition) is 5. The summed E-state index contributed by atoms with van der Waals surface area (Å²) in [4.78, 5) is 36.9. The van der Waals surface area contributed by atoms with Gasteiger partial charge in [0.15, 0.2) is 0 Å². The Morgan fingerprint density at radius 3 is 2.44 bits per heavy atom. The van der Waals surface area contributed by atoms with E-state index < -0.39 is 0 Å². The first-order valence-electron chi connectivity index (χ1n) is 14.5. The van der Waals surface area contributed by atoms with Crippen molar-refractivity contribution in [2.45, 2.75) is 32.1 Å². The van der Waals surface area contributed by atoms with E-state index in [1.54, 1.807) is 12.3 Å². The third-order valence-electron chi connectivity index (χ3n) is 7.94. The number of halogens is 2. The van der Waals surface area contributed by atoms with E-state index in [-0.39, 0.29) is 11.8 Å². The maximum Gasteiger partial charge on any atom is 0.252 e. The van der Waals surface area contributed by atoms with Crippen molar-refractivity contribution in [2.75, 3.05) is 57.3 Å². The minimum Gasteiger partial charge on any atom is -0.367 e. The fourth-order valence-corrected chi connectivity index (χ4v) is 5.94. The van der Waals surface area contributed by atoms with Gasteiger partial charge in [-0.25, -0.2) is 0 Å². The normalized spacial score (nSPS) is 15.8. The molecule has 0 saturated carbocycles. The Morgan fingerprint density at radius 1 is 0.878 bits per heavy atom. The van der Waals surface area contributed by atoms with Crippen LogP contribution >= 0.6 is 23.2 Å². The van der Waals surface area contributed by atoms with Crippen molar-refractivity contribution in [2.24, 2.45) is 0 Å². The first-order valence-corrected chi connectivity index (χ1v) is 15.3. The van der Waals surface area contributed by atoms with Crippen LogP contribution in [0.15, 0.2) is 60.9 Å². The molecule has 1 aromatic heterocycles. The van der Waals surface area contributed by atoms with Gasteiger partial charge in [0.05, 0.1) is 15.6 Å². The Morgan fingerprint density at radius 2 is 1.66 bits per heavy atom. The van der Waals surface area contributed by atoms with Crippen molar-refractivity contribution in [3.05, 3.63) is 82.1 Å². The Bertz CT molecular complexity index is 1350. The molecule has 5 rings (SSSR count). The highest BCUT2D eigenvalue weighted by Gasteiger charge is 2.23. The minimum atomic E-state index is -0.0914. The Balaban J connectivity index is 1.16. The highest BCUT2D eigenvalue weighted by Crippen LogP contribution is 2.32. The lowest BCUT2D eigenvalue weighted by Gasteiger charge is -2.37. The molecule has 2 saturated heterocycles. The van der Waals surface area contributed by atoms with E-state index in [9.17, 15) is 9.59 Å². The number of likely N-dealkylation sites (tertiary alicyclic amines) is 1. The van der Waals surface area contributed by atoms with Crippen molar-refractivity contribution < 1.29 is 9.59 Å². The minimum absolute atomic E-state index is 0.0914. The van der Waals surface area contributed by atoms with Gasteiger partial charge < -0.3 is 20.0 Å². The third kappa shape index (κ3) is 7.79. The van der Waals surface area contributed by atoms with Gasteiger partial charge in [0.2, 0.25) is 5.91 Å². The zero-order valence-corrected chi connectivity index (χ0v) is 24.8. The molecule has 2 amide bonds. The summed E-state index contributed by atoms with van der Waals surface area (Å²) in [6.07, 6.45) is 8.02. The van der Waals surface area contributed by atoms with Crippen LogP contribution in [0.25, 0.3) is 11.1 Å². The van der Waals surface area contributed by atoms with Gasteiger partial charge in [-0.05, 0) is 75.1 Å². The number of piperazine rings is 1. The molecule has 216 valence electrons. The number of nitrogens with zero attached hydrogens (tertiary/aromatic N) is 4. The lowest BCUT2D eigenvalue weighted by atomic mass is 10.0. The Kier molecular flexibility index (Phi) is 10.1. The maximum absolute atomic E-state index is 12.9. The molecule has 9 heteroatoms. The van der Waals surface area contributed by atoms with E-state index in [4.69, 9.17) is 23.2 Å². The monoisotopic (exact) mass is 593 g/mol. The van der Waals surface area contributed by atoms with Crippen molar-refractivity contribution >= 4 is 40.7 Å². The summed E-state index contributed by atoms with van der Waals surface area (Å²) in [7, 11) is 0. The second-order valence-corrected chi connectivity index (χ2v) is 11.6. The van der Waals surface area contributed by atoms with Gasteiger partial charge in [-0.2, -0.15) is 0 Å². The van der Waals surface area contributed by atoms with Crippen molar-refractivity contribution in [1.29, 1.82) is 0 Å². The summed E-state index contributed by atoms with van der Waals surface area (Å²) in [6.45, 7) is 6.82. The average molecular weight is 595 g/mol. The number of aryl methyl sites for hydroxylation is 1. The highest BCUT2D eigenvalue weighted by molar-refractivity contribution is 6.42. The summed E-state index contributed by atoms with van der Waals surface area (Å²) in [5, 5.41) is 4.09. The molecule has 0 unspecified atom stereocenters. The molecule has 1 N–H and O–H groups in total. The highest BCUT2D eigenvalue weighted by atomic mass is 35.5. The zero-order chi connectivity index (χ0) is 28.6. The lowest BCUT2D eigenvalue weighted by molar-refractivity contribution is -0.131. The predicted octanol–water partition coefficient (Wildman–Crippen LogP) is 5.55. The molecule has 0 radical (unpaired) electrons. The van der Waals surface area contributed by atoms with Gasteiger partial charge in [-0.3, -0.25) is 14.6 Å². The zero-order valence-electron chi connectivity index (χ0n) is 23.3. The van der Waals surface area contributed by atoms with Crippen molar-refractivity contribution in [3.63, 3.8) is 0 Å². The Hall–Kier alpha value is -3.13. The number of benzene rings is 2. The van der Waals surface area contributed by atoms with Crippen LogP contribution in [-0.2, 0) is 11.2 Å². The summed E-state index contributed by atoms with van der Waals surface area (Å²) in [5.74, 6) is 0.0543. The van der Waals surface area contributed by atoms with E-state index in [0.717, 1.165) is 48.4 Å². The number of aromatic nitrogens is 1. The van der Waals surface area contributed by atoms with E-state index in [0.29, 0.717) is 48.1 Å². The van der Waals surface area contributed by atoms with Crippen molar-refractivity contribution in [1.82, 2.24) is 20.1 Å². The van der Waals surface area contributed by atoms with Crippen LogP contribution in [0, 0.1) is 0 Å². The molecule has 7 nitrogen and oxygen atoms in total. The molecule has 3 heterocycles. The number of carbonyl (C=O) groups excluding carboxylic acids is 2. The van der Waals surface area contributed by atoms with Crippen LogP contribution < -0.4 is 10.2 Å². The molecule has 2 fully saturated rings. The van der Waals surface area contributed by atoms with Crippen molar-refractivity contribution in [3.8, 4) is 11.1 Å². The van der Waals surface area contributed by atoms with Gasteiger partial charge >= 0.3 is 0 Å². The van der Waals surface area contributed by atoms with Gasteiger partial charge in [-0.1, -0.05) is 47.5 Å². The first-order chi connectivity index (χ1) is 20.0. The standard InChI is InChI=1S/C32H37Cl2N5O2/c33-28-10-8-24(20-29(28)34)9-11-31(40)39-18-16-38(17-19-39)30-7-2-1-6-27(30)25-21-26(23-35-22-25)32(41)36-12-5-15-37-13-3-4-14-37/h1-2,6-8,10,20-23H,3-5,9,11-19H2,(H,36,41). The summed E-state index contributed by atoms with van der Waals surface area (Å²) in [6, 6.07) is 15.6. The van der Waals surface area contributed by atoms with Gasteiger partial charge in [0.25, 0.3) is 5.91 Å². The topological polar surface area (TPSA) is 68.8 Å². The molecule has 0 atom stereocenters. The fraction of sp³-hybridized carbons (Fsp3) is 0.406. The van der Waals surface area contributed by atoms with E-state index in [2.05, 4.69) is 32.2 Å². The molecule has 0 bridgehead atoms. The van der Waals surface area contributed by atoms with E-state index in [1.807, 2.05) is 41.4 Å². The number of hydrogen-bond donors (Lipinski definition) is 1. The number of nitrogens with one attached hydrogen (secondary N) is 1. The fourth-order valence-electron chi connectivity index (χ4n) is 5.62. The summed E-state index contributed by atoms with van der Waals surface area (Å²) in [5.41, 5.74) is 4.59. The van der Waals surface area contributed by atoms with Crippen LogP contribution in [0.5, 0.6) is 0 Å². The number of rotatable bonds is 10. The molecular weight excluding hydrogens is 557 g/mol. The molecule has 3 aromatic rings. The molecule has 41 heavy (non-hydrogen) atoms. The van der Waals surface area contributed by atoms with Crippen LogP contribution in [0.3, 0.4) is 0 Å². The van der Waals surface area contributed by atoms with Crippen LogP contribution in [0.1, 0.15) is 41.6 Å². The van der Waals surface area contributed by atoms with Crippen LogP contribution in [0.2, 0.25) is 10.0 Å². The second kappa shape index (κ2) is 14.2. The number of anilines is 1. The number of pyridine rings is 1. The van der Waals surface area contributed by atoms with Gasteiger partial charge in [-0.15, -0.1) is 0 Å². The lowest BCUT2D eigenvalue weighted by Crippen LogP contribution is -2.49. The van der Waals surface area contributed by atoms with Crippen LogP contribution in [-0.4, -0.2) is 79.0 Å². The molecule has 2 aromatic carbocycles. The third-order valence-corrected chi connectivity index (χ3v) is 8.67. The molecule has 0 aliphatic carbocycles. The second-order valence-electron chi connectivity index (χ2n) is 10.8. The van der Waals surface area contributed by atoms with Crippen LogP contribution in [0.4, 0.5) is 5.69 Å². The molecule has 2 aliphatic rings. The van der Waals surface area contributed by atoms with E-state index >= 15 is 0 Å².